The molecule has 0 radical (unpaired) electrons. The zero-order valence-electron chi connectivity index (χ0n) is 24.3. The zero-order chi connectivity index (χ0) is 31.5. The van der Waals surface area contributed by atoms with E-state index in [1.807, 2.05) is 0 Å². The highest BCUT2D eigenvalue weighted by molar-refractivity contribution is 7.52. The predicted molar refractivity (Wildman–Crippen MR) is 153 cm³/mol. The van der Waals surface area contributed by atoms with Gasteiger partial charge in [0.1, 0.15) is 35.4 Å². The average molecular weight is 624 g/mol. The van der Waals surface area contributed by atoms with Gasteiger partial charge in [-0.1, -0.05) is 0 Å². The van der Waals surface area contributed by atoms with E-state index in [1.165, 1.54) is 30.0 Å². The molecule has 2 aromatic heterocycles. The number of halogens is 1. The number of nitrogens with zero attached hydrogens (tertiary/aromatic N) is 5. The van der Waals surface area contributed by atoms with Crippen molar-refractivity contribution in [2.24, 2.45) is 4.99 Å². The Labute approximate surface area is 247 Å². The van der Waals surface area contributed by atoms with Gasteiger partial charge in [0.2, 0.25) is 11.8 Å². The number of carbonyl (C=O) groups excluding carboxylic acids is 1. The van der Waals surface area contributed by atoms with Crippen LogP contribution in [0.2, 0.25) is 0 Å². The number of imidazole rings is 1. The van der Waals surface area contributed by atoms with Crippen molar-refractivity contribution in [3.63, 3.8) is 0 Å². The van der Waals surface area contributed by atoms with Crippen molar-refractivity contribution >= 4 is 37.5 Å². The Balaban J connectivity index is 1.60. The number of aliphatic hydroxyl groups is 1. The number of aliphatic imine (C=N–C) groups is 1. The third-order valence-electron chi connectivity index (χ3n) is 6.54. The maximum absolute atomic E-state index is 13.9. The van der Waals surface area contributed by atoms with Crippen LogP contribution in [0.3, 0.4) is 0 Å². The molecule has 0 saturated carbocycles. The highest BCUT2D eigenvalue weighted by Gasteiger charge is 2.55. The molecule has 1 aromatic carbocycles. The first-order valence-corrected chi connectivity index (χ1v) is 15.0. The van der Waals surface area contributed by atoms with Crippen molar-refractivity contribution in [1.29, 1.82) is 0 Å². The lowest BCUT2D eigenvalue weighted by Gasteiger charge is -2.28. The SMILES string of the molecule is C=N[C@]1(C)[C@H](O)[C@@H](COP(=O)(N[C@@H](C)C(=O)OC(C)C)Oc2ccc(F)cc2)O[C@H]1n1cnc2c(OCC)nc(N)nc21. The molecule has 15 nitrogen and oxygen atoms in total. The first-order valence-electron chi connectivity index (χ1n) is 13.4. The molecular formula is C26H35FN7O8P. The lowest BCUT2D eigenvalue weighted by molar-refractivity contribution is -0.149. The number of benzene rings is 1. The first kappa shape index (κ1) is 32.2. The molecule has 0 amide bonds. The number of fused-ring (bicyclic) bond motifs is 1. The third kappa shape index (κ3) is 6.94. The maximum Gasteiger partial charge on any atom is 0.459 e. The standard InChI is InChI=1S/C26H35FN7O8P/c1-7-38-22-19-21(31-25(28)32-22)34(13-30-19)24-26(5,29-6)20(35)18(41-24)12-39-43(37,33-15(4)23(36)40-14(2)3)42-17-10-8-16(27)9-11-17/h8-11,13-15,18,20,24,35H,6-7,12H2,1-5H3,(H,33,37)(H2,28,31,32)/t15-,18+,20+,24+,26+,43?/m0/s1. The monoisotopic (exact) mass is 623 g/mol. The van der Waals surface area contributed by atoms with E-state index < -0.39 is 62.3 Å². The van der Waals surface area contributed by atoms with Gasteiger partial charge in [0.05, 0.1) is 25.6 Å². The van der Waals surface area contributed by atoms with Gasteiger partial charge in [0, 0.05) is 0 Å². The van der Waals surface area contributed by atoms with E-state index in [9.17, 15) is 18.9 Å². The molecule has 0 aliphatic carbocycles. The van der Waals surface area contributed by atoms with Crippen LogP contribution in [0.5, 0.6) is 11.6 Å². The van der Waals surface area contributed by atoms with Crippen molar-refractivity contribution in [2.45, 2.75) is 70.7 Å². The Morgan fingerprint density at radius 3 is 2.65 bits per heavy atom. The van der Waals surface area contributed by atoms with Gasteiger partial charge in [-0.2, -0.15) is 15.1 Å². The van der Waals surface area contributed by atoms with Crippen LogP contribution in [0.1, 0.15) is 40.8 Å². The van der Waals surface area contributed by atoms with Gasteiger partial charge in [0.25, 0.3) is 0 Å². The van der Waals surface area contributed by atoms with Crippen LogP contribution >= 0.6 is 7.75 Å². The average Bonchev–Trinajstić information content (AvgIpc) is 3.47. The summed E-state index contributed by atoms with van der Waals surface area (Å²) in [5, 5.41) is 13.8. The number of rotatable bonds is 13. The molecular weight excluding hydrogens is 588 g/mol. The van der Waals surface area contributed by atoms with Gasteiger partial charge in [-0.3, -0.25) is 18.9 Å². The van der Waals surface area contributed by atoms with E-state index in [0.717, 1.165) is 12.1 Å². The largest absolute Gasteiger partial charge is 0.476 e. The number of aromatic nitrogens is 4. The van der Waals surface area contributed by atoms with Crippen LogP contribution in [0.15, 0.2) is 35.6 Å². The Morgan fingerprint density at radius 1 is 1.33 bits per heavy atom. The van der Waals surface area contributed by atoms with E-state index in [-0.39, 0.29) is 23.2 Å². The third-order valence-corrected chi connectivity index (χ3v) is 8.18. The van der Waals surface area contributed by atoms with E-state index in [4.69, 9.17) is 29.0 Å². The van der Waals surface area contributed by atoms with Gasteiger partial charge in [-0.15, -0.1) is 0 Å². The Bertz CT molecular complexity index is 1510. The smallest absolute Gasteiger partial charge is 0.459 e. The number of carbonyl (C=O) groups is 1. The summed E-state index contributed by atoms with van der Waals surface area (Å²) in [7, 11) is -4.36. The van der Waals surface area contributed by atoms with E-state index in [2.05, 4.69) is 31.7 Å². The number of nitrogen functional groups attached to an aromatic ring is 1. The van der Waals surface area contributed by atoms with Crippen LogP contribution in [-0.2, 0) is 23.4 Å². The fourth-order valence-corrected chi connectivity index (χ4v) is 5.89. The molecule has 1 unspecified atom stereocenters. The van der Waals surface area contributed by atoms with Crippen LogP contribution in [0.4, 0.5) is 10.3 Å². The molecule has 1 saturated heterocycles. The van der Waals surface area contributed by atoms with Gasteiger partial charge < -0.3 is 29.6 Å². The summed E-state index contributed by atoms with van der Waals surface area (Å²) in [6.07, 6.45) is -2.50. The number of hydrogen-bond donors (Lipinski definition) is 3. The van der Waals surface area contributed by atoms with E-state index in [0.29, 0.717) is 12.1 Å². The van der Waals surface area contributed by atoms with E-state index in [1.54, 1.807) is 27.7 Å². The number of esters is 1. The van der Waals surface area contributed by atoms with Crippen molar-refractivity contribution in [2.75, 3.05) is 18.9 Å². The van der Waals surface area contributed by atoms with Gasteiger partial charge in [-0.25, -0.2) is 13.9 Å². The quantitative estimate of drug-likeness (QED) is 0.143. The topological polar surface area (TPSA) is 195 Å². The number of hydrogen-bond acceptors (Lipinski definition) is 13. The molecule has 43 heavy (non-hydrogen) atoms. The summed E-state index contributed by atoms with van der Waals surface area (Å²) in [4.78, 5) is 29.3. The van der Waals surface area contributed by atoms with Crippen LogP contribution in [0.25, 0.3) is 11.2 Å². The summed E-state index contributed by atoms with van der Waals surface area (Å²) < 4.78 is 57.0. The van der Waals surface area contributed by atoms with Crippen molar-refractivity contribution in [1.82, 2.24) is 24.6 Å². The van der Waals surface area contributed by atoms with Gasteiger partial charge in [-0.05, 0) is 65.6 Å². The number of nitrogens with two attached hydrogens (primary N) is 1. The zero-order valence-corrected chi connectivity index (χ0v) is 25.2. The molecule has 1 aliphatic heterocycles. The first-order chi connectivity index (χ1) is 20.3. The fourth-order valence-electron chi connectivity index (χ4n) is 4.39. The van der Waals surface area contributed by atoms with Crippen molar-refractivity contribution in [3.8, 4) is 11.6 Å². The molecule has 6 atom stereocenters. The number of ether oxygens (including phenoxy) is 3. The van der Waals surface area contributed by atoms with Crippen molar-refractivity contribution in [3.05, 3.63) is 36.4 Å². The number of aliphatic hydroxyl groups excluding tert-OH is 1. The molecule has 3 aromatic rings. The Kier molecular flexibility index (Phi) is 9.66. The lowest BCUT2D eigenvalue weighted by Crippen LogP contribution is -2.43. The summed E-state index contributed by atoms with van der Waals surface area (Å²) in [5.74, 6) is -1.15. The molecule has 17 heteroatoms. The van der Waals surface area contributed by atoms with Crippen molar-refractivity contribution < 1.29 is 42.1 Å². The Hall–Kier alpha value is -3.69. The molecule has 234 valence electrons. The normalized spacial score (nSPS) is 24.0. The molecule has 0 bridgehead atoms. The minimum absolute atomic E-state index is 0.00252. The predicted octanol–water partition coefficient (Wildman–Crippen LogP) is 2.80. The molecule has 4 rings (SSSR count). The molecule has 4 N–H and O–H groups in total. The highest BCUT2D eigenvalue weighted by atomic mass is 31.2. The molecule has 3 heterocycles. The van der Waals surface area contributed by atoms with Gasteiger partial charge >= 0.3 is 13.7 Å². The number of anilines is 1. The molecule has 1 aliphatic rings. The van der Waals surface area contributed by atoms with Crippen LogP contribution in [0, 0.1) is 5.82 Å². The summed E-state index contributed by atoms with van der Waals surface area (Å²) >= 11 is 0. The second-order valence-corrected chi connectivity index (χ2v) is 11.9. The maximum atomic E-state index is 13.9. The Morgan fingerprint density at radius 2 is 2.02 bits per heavy atom. The molecule has 0 spiro atoms. The van der Waals surface area contributed by atoms with Crippen LogP contribution < -0.4 is 20.1 Å². The summed E-state index contributed by atoms with van der Waals surface area (Å²) in [5.41, 5.74) is 5.10. The van der Waals surface area contributed by atoms with E-state index >= 15 is 0 Å². The second kappa shape index (κ2) is 12.9. The number of nitrogens with one attached hydrogen (secondary N) is 1. The summed E-state index contributed by atoms with van der Waals surface area (Å²) in [6, 6.07) is 3.57. The minimum atomic E-state index is -4.36. The van der Waals surface area contributed by atoms with Crippen LogP contribution in [-0.4, -0.2) is 80.4 Å². The second-order valence-electron chi connectivity index (χ2n) is 10.2. The highest BCUT2D eigenvalue weighted by Crippen LogP contribution is 2.48. The fraction of sp³-hybridized carbons (Fsp3) is 0.500. The summed E-state index contributed by atoms with van der Waals surface area (Å²) in [6.45, 7) is 11.6. The minimum Gasteiger partial charge on any atom is -0.476 e. The van der Waals surface area contributed by atoms with Gasteiger partial charge in [0.15, 0.2) is 17.4 Å². The lowest BCUT2D eigenvalue weighted by atomic mass is 9.93. The molecule has 1 fully saturated rings.